The van der Waals surface area contributed by atoms with Crippen molar-refractivity contribution < 1.29 is 5.11 Å². The summed E-state index contributed by atoms with van der Waals surface area (Å²) in [6.07, 6.45) is 0. The van der Waals surface area contributed by atoms with Crippen LogP contribution in [0, 0.1) is 6.92 Å². The third kappa shape index (κ3) is 2.52. The summed E-state index contributed by atoms with van der Waals surface area (Å²) in [5.74, 6) is 0. The Morgan fingerprint density at radius 2 is 2.00 bits per heavy atom. The summed E-state index contributed by atoms with van der Waals surface area (Å²) in [5, 5.41) is 11.6. The zero-order valence-corrected chi connectivity index (χ0v) is 11.6. The Hall–Kier alpha value is -0.260. The smallest absolute Gasteiger partial charge is 0.185 e. The van der Waals surface area contributed by atoms with Gasteiger partial charge in [-0.3, -0.25) is 0 Å². The van der Waals surface area contributed by atoms with E-state index in [9.17, 15) is 5.11 Å². The van der Waals surface area contributed by atoms with Crippen molar-refractivity contribution in [2.45, 2.75) is 37.9 Å². The highest BCUT2D eigenvalue weighted by atomic mass is 32.2. The highest BCUT2D eigenvalue weighted by Crippen LogP contribution is 2.32. The van der Waals surface area contributed by atoms with E-state index in [0.29, 0.717) is 10.5 Å². The predicted octanol–water partition coefficient (Wildman–Crippen LogP) is 2.27. The molecule has 1 aliphatic heterocycles. The van der Waals surface area contributed by atoms with E-state index in [1.807, 2.05) is 18.7 Å². The molecule has 0 bridgehead atoms. The second kappa shape index (κ2) is 4.94. The minimum absolute atomic E-state index is 0.108. The fourth-order valence-electron chi connectivity index (χ4n) is 2.03. The monoisotopic (exact) mass is 258 g/mol. The van der Waals surface area contributed by atoms with Gasteiger partial charge in [0.25, 0.3) is 0 Å². The average Bonchev–Trinajstić information content (AvgIpc) is 2.58. The maximum Gasteiger partial charge on any atom is 0.185 e. The summed E-state index contributed by atoms with van der Waals surface area (Å²) in [6.45, 7) is 8.73. The van der Waals surface area contributed by atoms with E-state index in [4.69, 9.17) is 0 Å². The topological polar surface area (TPSA) is 36.4 Å². The molecule has 2 unspecified atom stereocenters. The number of aliphatic hydroxyl groups excluding tert-OH is 1. The molecule has 0 saturated carbocycles. The number of hydrogen-bond donors (Lipinski definition) is 1. The van der Waals surface area contributed by atoms with Crippen molar-refractivity contribution >= 4 is 28.2 Å². The van der Waals surface area contributed by atoms with Crippen LogP contribution < -0.4 is 4.90 Å². The highest BCUT2D eigenvalue weighted by Gasteiger charge is 2.24. The van der Waals surface area contributed by atoms with Gasteiger partial charge in [0.15, 0.2) is 5.13 Å². The first-order chi connectivity index (χ1) is 7.60. The van der Waals surface area contributed by atoms with Crippen molar-refractivity contribution in [1.82, 2.24) is 4.98 Å². The van der Waals surface area contributed by atoms with Crippen LogP contribution in [-0.4, -0.2) is 33.7 Å². The van der Waals surface area contributed by atoms with Crippen molar-refractivity contribution in [2.24, 2.45) is 0 Å². The van der Waals surface area contributed by atoms with Crippen LogP contribution in [0.1, 0.15) is 24.4 Å². The standard InChI is InChI=1S/C11H18N2OS2/c1-7-4-13(5-8(2)15-7)11-12-9(3)10(6-14)16-11/h7-8,14H,4-6H2,1-3H3. The van der Waals surface area contributed by atoms with Gasteiger partial charge in [-0.1, -0.05) is 25.2 Å². The Bertz CT molecular complexity index is 357. The molecule has 2 atom stereocenters. The maximum atomic E-state index is 9.18. The van der Waals surface area contributed by atoms with Crippen LogP contribution in [-0.2, 0) is 6.61 Å². The molecule has 5 heteroatoms. The molecule has 2 rings (SSSR count). The molecule has 1 fully saturated rings. The van der Waals surface area contributed by atoms with E-state index in [-0.39, 0.29) is 6.61 Å². The van der Waals surface area contributed by atoms with Crippen LogP contribution >= 0.6 is 23.1 Å². The molecule has 1 aromatic heterocycles. The van der Waals surface area contributed by atoms with Crippen molar-refractivity contribution in [2.75, 3.05) is 18.0 Å². The van der Waals surface area contributed by atoms with E-state index in [1.165, 1.54) is 0 Å². The minimum atomic E-state index is 0.108. The van der Waals surface area contributed by atoms with Crippen LogP contribution in [0.25, 0.3) is 0 Å². The number of aryl methyl sites for hydroxylation is 1. The number of hydrogen-bond acceptors (Lipinski definition) is 5. The average molecular weight is 258 g/mol. The van der Waals surface area contributed by atoms with Crippen LogP contribution in [0.2, 0.25) is 0 Å². The Kier molecular flexibility index (Phi) is 3.77. The summed E-state index contributed by atoms with van der Waals surface area (Å²) < 4.78 is 0. The molecule has 1 N–H and O–H groups in total. The van der Waals surface area contributed by atoms with Gasteiger partial charge in [-0.25, -0.2) is 4.98 Å². The number of thioether (sulfide) groups is 1. The molecule has 90 valence electrons. The fraction of sp³-hybridized carbons (Fsp3) is 0.727. The summed E-state index contributed by atoms with van der Waals surface area (Å²) in [7, 11) is 0. The van der Waals surface area contributed by atoms with Crippen LogP contribution in [0.5, 0.6) is 0 Å². The molecular weight excluding hydrogens is 240 g/mol. The van der Waals surface area contributed by atoms with E-state index >= 15 is 0 Å². The third-order valence-corrected chi connectivity index (χ3v) is 5.15. The minimum Gasteiger partial charge on any atom is -0.391 e. The number of aliphatic hydroxyl groups is 1. The number of nitrogens with zero attached hydrogens (tertiary/aromatic N) is 2. The molecule has 0 spiro atoms. The molecule has 0 amide bonds. The number of anilines is 1. The fourth-order valence-corrected chi connectivity index (χ4v) is 4.29. The number of aromatic nitrogens is 1. The van der Waals surface area contributed by atoms with Gasteiger partial charge in [0, 0.05) is 23.6 Å². The lowest BCUT2D eigenvalue weighted by Crippen LogP contribution is -2.40. The molecular formula is C11H18N2OS2. The lowest BCUT2D eigenvalue weighted by molar-refractivity contribution is 0.284. The Balaban J connectivity index is 2.16. The van der Waals surface area contributed by atoms with Gasteiger partial charge >= 0.3 is 0 Å². The summed E-state index contributed by atoms with van der Waals surface area (Å²) in [5.41, 5.74) is 0.973. The summed E-state index contributed by atoms with van der Waals surface area (Å²) >= 11 is 3.67. The first-order valence-corrected chi connectivity index (χ1v) is 7.33. The predicted molar refractivity (Wildman–Crippen MR) is 71.5 cm³/mol. The van der Waals surface area contributed by atoms with Crippen LogP contribution in [0.3, 0.4) is 0 Å². The molecule has 16 heavy (non-hydrogen) atoms. The second-order valence-corrected chi connectivity index (χ2v) is 7.27. The molecule has 0 aromatic carbocycles. The third-order valence-electron chi connectivity index (χ3n) is 2.72. The SMILES string of the molecule is Cc1nc(N2CC(C)SC(C)C2)sc1CO. The van der Waals surface area contributed by atoms with Gasteiger partial charge in [0.2, 0.25) is 0 Å². The molecule has 3 nitrogen and oxygen atoms in total. The zero-order chi connectivity index (χ0) is 11.7. The molecule has 1 aromatic rings. The normalized spacial score (nSPS) is 26.1. The highest BCUT2D eigenvalue weighted by molar-refractivity contribution is 8.00. The summed E-state index contributed by atoms with van der Waals surface area (Å²) in [4.78, 5) is 7.89. The van der Waals surface area contributed by atoms with Gasteiger partial charge in [-0.2, -0.15) is 11.8 Å². The largest absolute Gasteiger partial charge is 0.391 e. The van der Waals surface area contributed by atoms with Crippen molar-refractivity contribution in [3.05, 3.63) is 10.6 Å². The first kappa shape index (κ1) is 12.2. The molecule has 1 aliphatic rings. The Morgan fingerprint density at radius 3 is 2.50 bits per heavy atom. The molecule has 0 radical (unpaired) electrons. The number of thiazole rings is 1. The van der Waals surface area contributed by atoms with E-state index in [1.54, 1.807) is 11.3 Å². The second-order valence-electron chi connectivity index (χ2n) is 4.33. The van der Waals surface area contributed by atoms with Gasteiger partial charge < -0.3 is 10.0 Å². The lowest BCUT2D eigenvalue weighted by atomic mass is 10.3. The van der Waals surface area contributed by atoms with E-state index in [0.717, 1.165) is 28.8 Å². The quantitative estimate of drug-likeness (QED) is 0.883. The van der Waals surface area contributed by atoms with Gasteiger partial charge in [0.1, 0.15) is 0 Å². The molecule has 1 saturated heterocycles. The zero-order valence-electron chi connectivity index (χ0n) is 9.93. The van der Waals surface area contributed by atoms with Gasteiger partial charge in [-0.15, -0.1) is 0 Å². The maximum absolute atomic E-state index is 9.18. The van der Waals surface area contributed by atoms with Gasteiger partial charge in [-0.05, 0) is 6.92 Å². The van der Waals surface area contributed by atoms with Crippen molar-refractivity contribution in [3.63, 3.8) is 0 Å². The van der Waals surface area contributed by atoms with Crippen molar-refractivity contribution in [3.8, 4) is 0 Å². The van der Waals surface area contributed by atoms with Gasteiger partial charge in [0.05, 0.1) is 17.2 Å². The van der Waals surface area contributed by atoms with E-state index in [2.05, 4.69) is 23.7 Å². The van der Waals surface area contributed by atoms with E-state index < -0.39 is 0 Å². The van der Waals surface area contributed by atoms with Crippen LogP contribution in [0.15, 0.2) is 0 Å². The molecule has 0 aliphatic carbocycles. The Labute approximate surface area is 105 Å². The first-order valence-electron chi connectivity index (χ1n) is 5.57. The lowest BCUT2D eigenvalue weighted by Gasteiger charge is -2.34. The van der Waals surface area contributed by atoms with Crippen molar-refractivity contribution in [1.29, 1.82) is 0 Å². The van der Waals surface area contributed by atoms with Crippen LogP contribution in [0.4, 0.5) is 5.13 Å². The summed E-state index contributed by atoms with van der Waals surface area (Å²) in [6, 6.07) is 0. The molecule has 2 heterocycles. The number of rotatable bonds is 2. The Morgan fingerprint density at radius 1 is 1.38 bits per heavy atom.